The molecule has 0 spiro atoms. The van der Waals surface area contributed by atoms with Gasteiger partial charge in [0.25, 0.3) is 5.91 Å². The van der Waals surface area contributed by atoms with Crippen LogP contribution in [0.1, 0.15) is 52.1 Å². The summed E-state index contributed by atoms with van der Waals surface area (Å²) in [6.45, 7) is 9.80. The van der Waals surface area contributed by atoms with E-state index in [0.717, 1.165) is 50.4 Å². The number of aryl methyl sites for hydroxylation is 3. The normalized spacial score (nSPS) is 16.6. The Kier molecular flexibility index (Phi) is 7.78. The zero-order valence-electron chi connectivity index (χ0n) is 18.9. The molecule has 2 aromatic rings. The predicted octanol–water partition coefficient (Wildman–Crippen LogP) is 3.78. The minimum absolute atomic E-state index is 0.134. The molecule has 10 heteroatoms. The molecule has 33 heavy (non-hydrogen) atoms. The number of rotatable bonds is 3. The molecule has 1 aromatic carbocycles. The molecule has 1 N–H and O–H groups in total. The molecule has 1 aromatic heterocycles. The highest BCUT2D eigenvalue weighted by Crippen LogP contribution is 2.22. The number of hydrogen-bond donors (Lipinski definition) is 1. The summed E-state index contributed by atoms with van der Waals surface area (Å²) in [6, 6.07) is 6.02. The van der Waals surface area contributed by atoms with Crippen LogP contribution in [0.25, 0.3) is 0 Å². The molecule has 2 aliphatic rings. The minimum atomic E-state index is -5.08. The quantitative estimate of drug-likeness (QED) is 0.745. The second kappa shape index (κ2) is 10.4. The van der Waals surface area contributed by atoms with Crippen LogP contribution in [-0.4, -0.2) is 62.1 Å². The van der Waals surface area contributed by atoms with Crippen LogP contribution in [0.2, 0.25) is 0 Å². The summed E-state index contributed by atoms with van der Waals surface area (Å²) in [5, 5.41) is 7.12. The van der Waals surface area contributed by atoms with Crippen LogP contribution < -0.4 is 0 Å². The highest BCUT2D eigenvalue weighted by atomic mass is 19.4. The van der Waals surface area contributed by atoms with Gasteiger partial charge < -0.3 is 14.6 Å². The molecule has 0 saturated carbocycles. The lowest BCUT2D eigenvalue weighted by molar-refractivity contribution is -0.192. The zero-order chi connectivity index (χ0) is 24.2. The van der Waals surface area contributed by atoms with Gasteiger partial charge in [0.2, 0.25) is 0 Å². The maximum Gasteiger partial charge on any atom is 0.490 e. The summed E-state index contributed by atoms with van der Waals surface area (Å²) in [4.78, 5) is 31.1. The number of alkyl halides is 3. The van der Waals surface area contributed by atoms with E-state index in [-0.39, 0.29) is 5.91 Å². The molecule has 1 saturated heterocycles. The van der Waals surface area contributed by atoms with Gasteiger partial charge in [0, 0.05) is 25.2 Å². The number of halogens is 3. The van der Waals surface area contributed by atoms with Gasteiger partial charge in [-0.05, 0) is 69.5 Å². The first-order chi connectivity index (χ1) is 15.6. The largest absolute Gasteiger partial charge is 0.490 e. The predicted molar refractivity (Wildman–Crippen MR) is 116 cm³/mol. The Morgan fingerprint density at radius 1 is 1.03 bits per heavy atom. The van der Waals surface area contributed by atoms with E-state index in [1.165, 1.54) is 29.7 Å². The van der Waals surface area contributed by atoms with Gasteiger partial charge in [-0.1, -0.05) is 6.07 Å². The Morgan fingerprint density at radius 3 is 2.30 bits per heavy atom. The molecule has 0 atom stereocenters. The van der Waals surface area contributed by atoms with Crippen molar-refractivity contribution in [1.82, 2.24) is 19.4 Å². The van der Waals surface area contributed by atoms with Crippen molar-refractivity contribution in [2.45, 2.75) is 58.9 Å². The highest BCUT2D eigenvalue weighted by Gasteiger charge is 2.38. The van der Waals surface area contributed by atoms with Gasteiger partial charge in [0.1, 0.15) is 0 Å². The van der Waals surface area contributed by atoms with Gasteiger partial charge >= 0.3 is 12.1 Å². The maximum atomic E-state index is 13.1. The average Bonchev–Trinajstić information content (AvgIpc) is 3.34. The van der Waals surface area contributed by atoms with Crippen LogP contribution in [0, 0.1) is 13.8 Å². The van der Waals surface area contributed by atoms with E-state index in [0.29, 0.717) is 6.54 Å². The molecule has 2 aliphatic heterocycles. The van der Waals surface area contributed by atoms with Crippen LogP contribution in [0.5, 0.6) is 0 Å². The van der Waals surface area contributed by atoms with Gasteiger partial charge in [-0.25, -0.2) is 9.78 Å². The van der Waals surface area contributed by atoms with Crippen molar-refractivity contribution in [1.29, 1.82) is 0 Å². The van der Waals surface area contributed by atoms with Gasteiger partial charge in [-0.15, -0.1) is 0 Å². The summed E-state index contributed by atoms with van der Waals surface area (Å²) in [5.74, 6) is -2.62. The fraction of sp³-hybridized carbons (Fsp3) is 0.522. The molecular formula is C23H29F3N4O3. The summed E-state index contributed by atoms with van der Waals surface area (Å²) in [5.41, 5.74) is 5.55. The standard InChI is InChI=1S/C21H28N4O.C2HF3O2/c1-16-6-7-18(12-17(16)2)21(26)24-10-5-11-25-15-22-19(20(25)14-24)13-23-8-3-4-9-23;3-2(4,5)1(6)7/h6-7,12,15H,3-5,8-11,13-14H2,1-2H3;(H,6,7). The number of imidazole rings is 1. The number of aromatic nitrogens is 2. The molecule has 4 rings (SSSR count). The third kappa shape index (κ3) is 6.34. The summed E-state index contributed by atoms with van der Waals surface area (Å²) >= 11 is 0. The Hall–Kier alpha value is -2.88. The summed E-state index contributed by atoms with van der Waals surface area (Å²) in [7, 11) is 0. The first kappa shape index (κ1) is 24.8. The lowest BCUT2D eigenvalue weighted by atomic mass is 10.1. The molecule has 1 amide bonds. The van der Waals surface area contributed by atoms with Crippen LogP contribution in [0.15, 0.2) is 24.5 Å². The molecule has 7 nitrogen and oxygen atoms in total. The molecular weight excluding hydrogens is 437 g/mol. The topological polar surface area (TPSA) is 78.7 Å². The lowest BCUT2D eigenvalue weighted by Crippen LogP contribution is -2.31. The number of aliphatic carboxylic acids is 1. The molecule has 0 unspecified atom stereocenters. The van der Waals surface area contributed by atoms with E-state index in [1.54, 1.807) is 0 Å². The van der Waals surface area contributed by atoms with Crippen LogP contribution >= 0.6 is 0 Å². The van der Waals surface area contributed by atoms with Gasteiger partial charge in [0.05, 0.1) is 24.3 Å². The second-order valence-electron chi connectivity index (χ2n) is 8.50. The van der Waals surface area contributed by atoms with Gasteiger partial charge in [0.15, 0.2) is 0 Å². The molecule has 180 valence electrons. The second-order valence-corrected chi connectivity index (χ2v) is 8.50. The number of carbonyl (C=O) groups excluding carboxylic acids is 1. The maximum absolute atomic E-state index is 13.1. The Bertz CT molecular complexity index is 997. The number of hydrogen-bond acceptors (Lipinski definition) is 4. The van der Waals surface area contributed by atoms with Crippen molar-refractivity contribution < 1.29 is 27.9 Å². The average molecular weight is 467 g/mol. The number of fused-ring (bicyclic) bond motifs is 1. The van der Waals surface area contributed by atoms with E-state index in [1.807, 2.05) is 29.4 Å². The molecule has 1 fully saturated rings. The monoisotopic (exact) mass is 466 g/mol. The first-order valence-corrected chi connectivity index (χ1v) is 11.0. The SMILES string of the molecule is Cc1ccc(C(=O)N2CCCn3cnc(CN4CCCC4)c3C2)cc1C.O=C(O)C(F)(F)F. The number of carboxylic acid groups (broad SMARTS) is 1. The number of nitrogens with zero attached hydrogens (tertiary/aromatic N) is 4. The van der Waals surface area contributed by atoms with E-state index < -0.39 is 12.1 Å². The fourth-order valence-electron chi connectivity index (χ4n) is 4.03. The van der Waals surface area contributed by atoms with Crippen molar-refractivity contribution >= 4 is 11.9 Å². The molecule has 0 aliphatic carbocycles. The molecule has 0 bridgehead atoms. The fourth-order valence-corrected chi connectivity index (χ4v) is 4.03. The number of benzene rings is 1. The van der Waals surface area contributed by atoms with Crippen LogP contribution in [0.3, 0.4) is 0 Å². The van der Waals surface area contributed by atoms with E-state index in [9.17, 15) is 18.0 Å². The summed E-state index contributed by atoms with van der Waals surface area (Å²) < 4.78 is 34.0. The smallest absolute Gasteiger partial charge is 0.475 e. The number of carboxylic acids is 1. The van der Waals surface area contributed by atoms with Gasteiger partial charge in [-0.2, -0.15) is 13.2 Å². The van der Waals surface area contributed by atoms with Crippen molar-refractivity contribution in [3.8, 4) is 0 Å². The van der Waals surface area contributed by atoms with Crippen LogP contribution in [0.4, 0.5) is 13.2 Å². The third-order valence-electron chi connectivity index (χ3n) is 6.06. The minimum Gasteiger partial charge on any atom is -0.475 e. The van der Waals surface area contributed by atoms with Crippen molar-refractivity contribution in [3.05, 3.63) is 52.6 Å². The molecule has 0 radical (unpaired) electrons. The highest BCUT2D eigenvalue weighted by molar-refractivity contribution is 5.94. The zero-order valence-corrected chi connectivity index (χ0v) is 18.9. The summed E-state index contributed by atoms with van der Waals surface area (Å²) in [6.07, 6.45) is 0.425. The van der Waals surface area contributed by atoms with Gasteiger partial charge in [-0.3, -0.25) is 9.69 Å². The third-order valence-corrected chi connectivity index (χ3v) is 6.06. The van der Waals surface area contributed by atoms with Crippen molar-refractivity contribution in [2.24, 2.45) is 0 Å². The number of amides is 1. The Morgan fingerprint density at radius 2 is 1.70 bits per heavy atom. The number of likely N-dealkylation sites (tertiary alicyclic amines) is 1. The van der Waals surface area contributed by atoms with Crippen LogP contribution in [-0.2, 0) is 24.4 Å². The van der Waals surface area contributed by atoms with E-state index in [4.69, 9.17) is 9.90 Å². The van der Waals surface area contributed by atoms with Crippen molar-refractivity contribution in [3.63, 3.8) is 0 Å². The molecule has 3 heterocycles. The Labute approximate surface area is 190 Å². The Balaban J connectivity index is 0.000000383. The number of carbonyl (C=O) groups is 2. The van der Waals surface area contributed by atoms with E-state index >= 15 is 0 Å². The van der Waals surface area contributed by atoms with E-state index in [2.05, 4.69) is 28.3 Å². The van der Waals surface area contributed by atoms with Crippen molar-refractivity contribution in [2.75, 3.05) is 19.6 Å². The lowest BCUT2D eigenvalue weighted by Gasteiger charge is -2.22. The first-order valence-electron chi connectivity index (χ1n) is 11.0.